The minimum atomic E-state index is -0.119. The van der Waals surface area contributed by atoms with E-state index in [2.05, 4.69) is 10.2 Å². The van der Waals surface area contributed by atoms with E-state index >= 15 is 0 Å². The van der Waals surface area contributed by atoms with Gasteiger partial charge in [0.1, 0.15) is 0 Å². The standard InChI is InChI=1S/C17H8N2O2/c20-11-5-6-12(21)16-14-9-4-2-1-3-8(9)13(15(11)16)10-7-18-19-17(10)14/h1-7H,(H,18,19). The van der Waals surface area contributed by atoms with Crippen LogP contribution in [-0.4, -0.2) is 10.2 Å². The number of aromatic amines is 1. The molecule has 4 heteroatoms. The topological polar surface area (TPSA) is 62.8 Å². The fourth-order valence-corrected chi connectivity index (χ4v) is 3.45. The van der Waals surface area contributed by atoms with Crippen LogP contribution in [0, 0.1) is 0 Å². The highest BCUT2D eigenvalue weighted by Crippen LogP contribution is 2.41. The lowest BCUT2D eigenvalue weighted by atomic mass is 9.89. The third kappa shape index (κ3) is 1.10. The summed E-state index contributed by atoms with van der Waals surface area (Å²) in [6.45, 7) is 0. The summed E-state index contributed by atoms with van der Waals surface area (Å²) in [4.78, 5) is 24.7. The second kappa shape index (κ2) is 3.35. The van der Waals surface area contributed by atoms with E-state index in [-0.39, 0.29) is 10.9 Å². The Morgan fingerprint density at radius 1 is 0.714 bits per heavy atom. The van der Waals surface area contributed by atoms with Gasteiger partial charge < -0.3 is 0 Å². The van der Waals surface area contributed by atoms with Crippen LogP contribution in [0.25, 0.3) is 43.2 Å². The zero-order valence-electron chi connectivity index (χ0n) is 10.8. The van der Waals surface area contributed by atoms with Crippen LogP contribution in [0.4, 0.5) is 0 Å². The van der Waals surface area contributed by atoms with Gasteiger partial charge in [-0.2, -0.15) is 5.10 Å². The number of benzene rings is 5. The number of nitrogens with one attached hydrogen (secondary N) is 1. The minimum Gasteiger partial charge on any atom is -0.289 e. The quantitative estimate of drug-likeness (QED) is 0.441. The van der Waals surface area contributed by atoms with Gasteiger partial charge >= 0.3 is 0 Å². The summed E-state index contributed by atoms with van der Waals surface area (Å²) in [5.41, 5.74) is 0.601. The molecular weight excluding hydrogens is 264 g/mol. The van der Waals surface area contributed by atoms with Crippen LogP contribution in [0.3, 0.4) is 0 Å². The van der Waals surface area contributed by atoms with Gasteiger partial charge in [-0.05, 0) is 22.9 Å². The van der Waals surface area contributed by atoms with Gasteiger partial charge in [0.05, 0.1) is 11.7 Å². The Balaban J connectivity index is 2.43. The molecule has 0 radical (unpaired) electrons. The molecule has 5 aromatic carbocycles. The summed E-state index contributed by atoms with van der Waals surface area (Å²) in [6, 6.07) is 10.6. The summed E-state index contributed by atoms with van der Waals surface area (Å²) in [7, 11) is 0. The molecule has 6 aromatic rings. The zero-order valence-corrected chi connectivity index (χ0v) is 10.8. The molecule has 0 spiro atoms. The van der Waals surface area contributed by atoms with Gasteiger partial charge in [0, 0.05) is 26.9 Å². The third-order valence-electron chi connectivity index (χ3n) is 4.25. The summed E-state index contributed by atoms with van der Waals surface area (Å²) >= 11 is 0. The highest BCUT2D eigenvalue weighted by Gasteiger charge is 2.20. The molecule has 0 saturated carbocycles. The maximum atomic E-state index is 12.3. The Hall–Kier alpha value is -3.01. The first-order chi connectivity index (χ1) is 10.3. The van der Waals surface area contributed by atoms with Crippen molar-refractivity contribution >= 4 is 43.2 Å². The van der Waals surface area contributed by atoms with Crippen LogP contribution < -0.4 is 10.9 Å². The van der Waals surface area contributed by atoms with Crippen LogP contribution in [0.2, 0.25) is 0 Å². The fraction of sp³-hybridized carbons (Fsp3) is 0. The number of hydrogen-bond acceptors (Lipinski definition) is 3. The van der Waals surface area contributed by atoms with Crippen LogP contribution in [0.1, 0.15) is 0 Å². The van der Waals surface area contributed by atoms with Gasteiger partial charge in [0.2, 0.25) is 0 Å². The van der Waals surface area contributed by atoms with Crippen LogP contribution in [0.5, 0.6) is 0 Å². The fourth-order valence-electron chi connectivity index (χ4n) is 3.45. The van der Waals surface area contributed by atoms with Crippen LogP contribution in [-0.2, 0) is 0 Å². The number of aromatic nitrogens is 2. The first kappa shape index (κ1) is 10.7. The number of rotatable bonds is 0. The molecule has 0 aliphatic heterocycles. The van der Waals surface area contributed by atoms with Crippen molar-refractivity contribution in [3.05, 3.63) is 63.0 Å². The van der Waals surface area contributed by atoms with Gasteiger partial charge in [-0.15, -0.1) is 0 Å². The molecule has 0 aliphatic carbocycles. The van der Waals surface area contributed by atoms with E-state index in [1.54, 1.807) is 6.20 Å². The number of hydrogen-bond donors (Lipinski definition) is 1. The van der Waals surface area contributed by atoms with E-state index in [0.29, 0.717) is 10.8 Å². The zero-order chi connectivity index (χ0) is 14.1. The van der Waals surface area contributed by atoms with Crippen molar-refractivity contribution < 1.29 is 0 Å². The minimum absolute atomic E-state index is 0.113. The van der Waals surface area contributed by atoms with E-state index in [0.717, 1.165) is 32.4 Å². The molecule has 6 rings (SSSR count). The first-order valence-electron chi connectivity index (χ1n) is 6.67. The monoisotopic (exact) mass is 272 g/mol. The lowest BCUT2D eigenvalue weighted by Gasteiger charge is -2.13. The van der Waals surface area contributed by atoms with E-state index in [4.69, 9.17) is 0 Å². The summed E-state index contributed by atoms with van der Waals surface area (Å²) in [5.74, 6) is 0. The number of H-pyrrole nitrogens is 1. The molecular formula is C17H8N2O2. The highest BCUT2D eigenvalue weighted by molar-refractivity contribution is 6.39. The molecule has 98 valence electrons. The lowest BCUT2D eigenvalue weighted by molar-refractivity contribution is 1.12. The summed E-state index contributed by atoms with van der Waals surface area (Å²) in [5, 5.41) is 12.6. The van der Waals surface area contributed by atoms with Gasteiger partial charge in [0.15, 0.2) is 10.9 Å². The van der Waals surface area contributed by atoms with E-state index in [1.807, 2.05) is 24.3 Å². The molecule has 21 heavy (non-hydrogen) atoms. The van der Waals surface area contributed by atoms with Crippen molar-refractivity contribution in [2.24, 2.45) is 0 Å². The Bertz CT molecular complexity index is 1170. The van der Waals surface area contributed by atoms with Crippen molar-refractivity contribution in [2.75, 3.05) is 0 Å². The molecule has 0 unspecified atom stereocenters. The molecule has 0 saturated heterocycles. The predicted molar refractivity (Wildman–Crippen MR) is 83.5 cm³/mol. The summed E-state index contributed by atoms with van der Waals surface area (Å²) in [6.07, 6.45) is 1.72. The Labute approximate surface area is 117 Å². The molecule has 1 N–H and O–H groups in total. The maximum Gasteiger partial charge on any atom is 0.187 e. The molecule has 0 fully saturated rings. The molecule has 0 atom stereocenters. The normalized spacial score (nSPS) is 12.2. The van der Waals surface area contributed by atoms with Gasteiger partial charge in [-0.3, -0.25) is 14.7 Å². The van der Waals surface area contributed by atoms with E-state index < -0.39 is 0 Å². The average Bonchev–Trinajstić information content (AvgIpc) is 3.00. The molecule has 4 nitrogen and oxygen atoms in total. The van der Waals surface area contributed by atoms with E-state index in [9.17, 15) is 9.59 Å². The predicted octanol–water partition coefficient (Wildman–Crippen LogP) is 2.62. The first-order valence-corrected chi connectivity index (χ1v) is 6.67. The molecule has 2 bridgehead atoms. The maximum absolute atomic E-state index is 12.3. The second-order valence-corrected chi connectivity index (χ2v) is 5.27. The Morgan fingerprint density at radius 3 is 2.05 bits per heavy atom. The van der Waals surface area contributed by atoms with Crippen LogP contribution >= 0.6 is 0 Å². The van der Waals surface area contributed by atoms with Crippen molar-refractivity contribution in [1.82, 2.24) is 10.2 Å². The largest absolute Gasteiger partial charge is 0.289 e. The lowest BCUT2D eigenvalue weighted by Crippen LogP contribution is -2.11. The van der Waals surface area contributed by atoms with Gasteiger partial charge in [-0.1, -0.05) is 24.3 Å². The number of nitrogens with zero attached hydrogens (tertiary/aromatic N) is 1. The highest BCUT2D eigenvalue weighted by atomic mass is 16.1. The van der Waals surface area contributed by atoms with Crippen LogP contribution in [0.15, 0.2) is 52.2 Å². The smallest absolute Gasteiger partial charge is 0.187 e. The second-order valence-electron chi connectivity index (χ2n) is 5.27. The summed E-state index contributed by atoms with van der Waals surface area (Å²) < 4.78 is 0. The molecule has 1 aromatic heterocycles. The van der Waals surface area contributed by atoms with Crippen molar-refractivity contribution in [1.29, 1.82) is 0 Å². The Kier molecular flexibility index (Phi) is 1.72. The SMILES string of the molecule is O=c1ccc(=O)c2c1c1c3ccccc3c2c2[nH]ncc21. The molecule has 0 amide bonds. The van der Waals surface area contributed by atoms with E-state index in [1.165, 1.54) is 12.1 Å². The Morgan fingerprint density at radius 2 is 1.33 bits per heavy atom. The van der Waals surface area contributed by atoms with Crippen molar-refractivity contribution in [3.63, 3.8) is 0 Å². The van der Waals surface area contributed by atoms with Gasteiger partial charge in [0.25, 0.3) is 0 Å². The third-order valence-corrected chi connectivity index (χ3v) is 4.25. The molecule has 0 aliphatic rings. The molecule has 1 heterocycles. The van der Waals surface area contributed by atoms with Crippen molar-refractivity contribution in [3.8, 4) is 0 Å². The van der Waals surface area contributed by atoms with Gasteiger partial charge in [-0.25, -0.2) is 0 Å². The average molecular weight is 272 g/mol. The van der Waals surface area contributed by atoms with Crippen molar-refractivity contribution in [2.45, 2.75) is 0 Å².